The maximum Gasteiger partial charge on any atom is 0.237 e. The summed E-state index contributed by atoms with van der Waals surface area (Å²) in [5, 5.41) is 13.9. The first-order valence-electron chi connectivity index (χ1n) is 6.74. The number of methoxy groups -OCH3 is 3. The lowest BCUT2D eigenvalue weighted by atomic mass is 9.92. The van der Waals surface area contributed by atoms with Gasteiger partial charge in [-0.15, -0.1) is 0 Å². The van der Waals surface area contributed by atoms with Gasteiger partial charge in [0.25, 0.3) is 0 Å². The summed E-state index contributed by atoms with van der Waals surface area (Å²) in [6, 6.07) is 1.62. The van der Waals surface area contributed by atoms with Gasteiger partial charge in [-0.1, -0.05) is 0 Å². The van der Waals surface area contributed by atoms with Crippen LogP contribution in [0.1, 0.15) is 24.4 Å². The number of rotatable bonds is 5. The molecule has 0 aromatic heterocycles. The molecule has 1 aromatic rings. The second-order valence-electron chi connectivity index (χ2n) is 4.90. The molecule has 1 N–H and O–H groups in total. The van der Waals surface area contributed by atoms with E-state index in [-0.39, 0.29) is 23.7 Å². The molecule has 1 aliphatic heterocycles. The largest absolute Gasteiger partial charge is 0.493 e. The maximum atomic E-state index is 11.6. The van der Waals surface area contributed by atoms with E-state index in [1.165, 1.54) is 21.3 Å². The average molecular weight is 310 g/mol. The van der Waals surface area contributed by atoms with Crippen LogP contribution in [0.2, 0.25) is 0 Å². The summed E-state index contributed by atoms with van der Waals surface area (Å²) in [6.07, 6.45) is 0.340. The molecule has 1 heterocycles. The van der Waals surface area contributed by atoms with Crippen LogP contribution < -0.4 is 19.5 Å². The van der Waals surface area contributed by atoms with E-state index in [1.54, 1.807) is 12.1 Å². The molecule has 2 rings (SSSR count). The Balaban J connectivity index is 2.49. The molecule has 0 radical (unpaired) electrons. The Morgan fingerprint density at radius 2 is 1.77 bits per heavy atom. The van der Waals surface area contributed by atoms with Gasteiger partial charge in [0.05, 0.1) is 21.3 Å². The van der Waals surface area contributed by atoms with Crippen LogP contribution >= 0.6 is 0 Å². The maximum absolute atomic E-state index is 11.6. The van der Waals surface area contributed by atoms with Crippen molar-refractivity contribution < 1.29 is 23.9 Å². The van der Waals surface area contributed by atoms with E-state index < -0.39 is 12.1 Å². The van der Waals surface area contributed by atoms with Crippen LogP contribution in [0.5, 0.6) is 17.2 Å². The molecule has 1 aliphatic rings. The monoisotopic (exact) mass is 310 g/mol. The van der Waals surface area contributed by atoms with E-state index in [0.717, 1.165) is 0 Å². The first-order valence-corrected chi connectivity index (χ1v) is 6.74. The second kappa shape index (κ2) is 6.50. The standard InChI is InChI=1S/C14H18N2O6/c1-20-10-6-8(7-11(21-2)14(10)22-3)13-9(16(18)19)4-5-12(17)15-13/h6-7,9,13H,4-5H2,1-3H3,(H,15,17)/t9-,13-/m1/s1. The fourth-order valence-corrected chi connectivity index (χ4v) is 2.60. The summed E-state index contributed by atoms with van der Waals surface area (Å²) in [5.41, 5.74) is 0.546. The third kappa shape index (κ3) is 2.90. The van der Waals surface area contributed by atoms with E-state index in [2.05, 4.69) is 5.32 Å². The molecule has 22 heavy (non-hydrogen) atoms. The quantitative estimate of drug-likeness (QED) is 0.650. The first kappa shape index (κ1) is 15.9. The minimum absolute atomic E-state index is 0.145. The fraction of sp³-hybridized carbons (Fsp3) is 0.500. The number of nitro groups is 1. The average Bonchev–Trinajstić information content (AvgIpc) is 2.52. The third-order valence-electron chi connectivity index (χ3n) is 3.69. The third-order valence-corrected chi connectivity index (χ3v) is 3.69. The Bertz CT molecular complexity index is 564. The predicted octanol–water partition coefficient (Wildman–Crippen LogP) is 1.31. The molecule has 0 unspecified atom stereocenters. The number of ether oxygens (including phenoxy) is 3. The Hall–Kier alpha value is -2.51. The zero-order valence-electron chi connectivity index (χ0n) is 12.6. The number of piperidine rings is 1. The lowest BCUT2D eigenvalue weighted by Gasteiger charge is -2.27. The number of hydrogen-bond acceptors (Lipinski definition) is 6. The van der Waals surface area contributed by atoms with E-state index in [0.29, 0.717) is 22.8 Å². The molecule has 1 fully saturated rings. The minimum atomic E-state index is -0.888. The highest BCUT2D eigenvalue weighted by atomic mass is 16.6. The fourth-order valence-electron chi connectivity index (χ4n) is 2.60. The summed E-state index contributed by atoms with van der Waals surface area (Å²) >= 11 is 0. The van der Waals surface area contributed by atoms with Gasteiger partial charge < -0.3 is 19.5 Å². The van der Waals surface area contributed by atoms with Crippen LogP contribution in [-0.4, -0.2) is 38.2 Å². The highest BCUT2D eigenvalue weighted by molar-refractivity contribution is 5.77. The predicted molar refractivity (Wildman–Crippen MR) is 77.0 cm³/mol. The summed E-state index contributed by atoms with van der Waals surface area (Å²) in [7, 11) is 4.40. The summed E-state index contributed by atoms with van der Waals surface area (Å²) in [6.45, 7) is 0. The van der Waals surface area contributed by atoms with Crippen molar-refractivity contribution in [2.24, 2.45) is 0 Å². The van der Waals surface area contributed by atoms with Crippen LogP contribution in [-0.2, 0) is 4.79 Å². The zero-order chi connectivity index (χ0) is 16.3. The summed E-state index contributed by atoms with van der Waals surface area (Å²) in [5.74, 6) is 0.961. The minimum Gasteiger partial charge on any atom is -0.493 e. The van der Waals surface area contributed by atoms with Crippen molar-refractivity contribution in [3.05, 3.63) is 27.8 Å². The van der Waals surface area contributed by atoms with E-state index in [4.69, 9.17) is 14.2 Å². The molecule has 1 amide bonds. The van der Waals surface area contributed by atoms with Crippen LogP contribution in [0, 0.1) is 10.1 Å². The number of nitrogens with one attached hydrogen (secondary N) is 1. The number of amides is 1. The van der Waals surface area contributed by atoms with E-state index in [9.17, 15) is 14.9 Å². The number of carbonyl (C=O) groups excluding carboxylic acids is 1. The molecular formula is C14H18N2O6. The van der Waals surface area contributed by atoms with E-state index >= 15 is 0 Å². The molecule has 0 aliphatic carbocycles. The topological polar surface area (TPSA) is 99.9 Å². The van der Waals surface area contributed by atoms with Crippen molar-refractivity contribution in [2.45, 2.75) is 24.9 Å². The molecule has 0 spiro atoms. The van der Waals surface area contributed by atoms with Crippen molar-refractivity contribution in [3.8, 4) is 17.2 Å². The normalized spacial score (nSPS) is 21.0. The van der Waals surface area contributed by atoms with E-state index in [1.807, 2.05) is 0 Å². The van der Waals surface area contributed by atoms with Crippen LogP contribution in [0.4, 0.5) is 0 Å². The van der Waals surface area contributed by atoms with Crippen molar-refractivity contribution >= 4 is 5.91 Å². The molecular weight excluding hydrogens is 292 g/mol. The molecule has 8 nitrogen and oxygen atoms in total. The molecule has 2 atom stereocenters. The summed E-state index contributed by atoms with van der Waals surface area (Å²) < 4.78 is 15.7. The molecule has 1 saturated heterocycles. The number of nitrogens with zero attached hydrogens (tertiary/aromatic N) is 1. The van der Waals surface area contributed by atoms with Gasteiger partial charge in [0.15, 0.2) is 11.5 Å². The van der Waals surface area contributed by atoms with Crippen LogP contribution in [0.3, 0.4) is 0 Å². The lowest BCUT2D eigenvalue weighted by Crippen LogP contribution is -2.45. The van der Waals surface area contributed by atoms with Gasteiger partial charge in [-0.05, 0) is 17.7 Å². The molecule has 8 heteroatoms. The van der Waals surface area contributed by atoms with Gasteiger partial charge in [0.1, 0.15) is 6.04 Å². The van der Waals surface area contributed by atoms with Gasteiger partial charge >= 0.3 is 0 Å². The van der Waals surface area contributed by atoms with Gasteiger partial charge in [-0.2, -0.15) is 0 Å². The summed E-state index contributed by atoms with van der Waals surface area (Å²) in [4.78, 5) is 22.5. The first-order chi connectivity index (χ1) is 10.5. The van der Waals surface area contributed by atoms with Crippen molar-refractivity contribution in [1.82, 2.24) is 5.32 Å². The van der Waals surface area contributed by atoms with Crippen molar-refractivity contribution in [3.63, 3.8) is 0 Å². The number of carbonyl (C=O) groups is 1. The zero-order valence-corrected chi connectivity index (χ0v) is 12.6. The Kier molecular flexibility index (Phi) is 4.69. The van der Waals surface area contributed by atoms with Crippen molar-refractivity contribution in [2.75, 3.05) is 21.3 Å². The van der Waals surface area contributed by atoms with Gasteiger partial charge in [-0.25, -0.2) is 0 Å². The Labute approximate surface area is 127 Å². The Morgan fingerprint density at radius 1 is 1.18 bits per heavy atom. The smallest absolute Gasteiger partial charge is 0.237 e. The Morgan fingerprint density at radius 3 is 2.23 bits per heavy atom. The number of hydrogen-bond donors (Lipinski definition) is 1. The number of benzene rings is 1. The van der Waals surface area contributed by atoms with Gasteiger partial charge in [0, 0.05) is 17.8 Å². The molecule has 0 bridgehead atoms. The second-order valence-corrected chi connectivity index (χ2v) is 4.90. The highest BCUT2D eigenvalue weighted by Gasteiger charge is 2.39. The molecule has 1 aromatic carbocycles. The van der Waals surface area contributed by atoms with Crippen molar-refractivity contribution in [1.29, 1.82) is 0 Å². The molecule has 120 valence electrons. The lowest BCUT2D eigenvalue weighted by molar-refractivity contribution is -0.529. The van der Waals surface area contributed by atoms with Gasteiger partial charge in [0.2, 0.25) is 17.7 Å². The highest BCUT2D eigenvalue weighted by Crippen LogP contribution is 2.41. The molecule has 0 saturated carbocycles. The SMILES string of the molecule is COc1cc([C@H]2NC(=O)CC[C@H]2[N+](=O)[O-])cc(OC)c1OC. The van der Waals surface area contributed by atoms with Gasteiger partial charge in [-0.3, -0.25) is 14.9 Å². The van der Waals surface area contributed by atoms with Crippen LogP contribution in [0.15, 0.2) is 12.1 Å². The van der Waals surface area contributed by atoms with Crippen LogP contribution in [0.25, 0.3) is 0 Å².